The summed E-state index contributed by atoms with van der Waals surface area (Å²) >= 11 is 3.35. The lowest BCUT2D eigenvalue weighted by atomic mass is 10.1. The number of carbonyl (C=O) groups excluding carboxylic acids is 3. The summed E-state index contributed by atoms with van der Waals surface area (Å²) in [5, 5.41) is 2.53. The number of benzene rings is 2. The van der Waals surface area contributed by atoms with Gasteiger partial charge in [0.15, 0.2) is 6.61 Å². The van der Waals surface area contributed by atoms with E-state index < -0.39 is 23.7 Å². The predicted molar refractivity (Wildman–Crippen MR) is 110 cm³/mol. The molecule has 0 spiro atoms. The second-order valence-corrected chi connectivity index (χ2v) is 7.20. The third-order valence-corrected chi connectivity index (χ3v) is 4.63. The van der Waals surface area contributed by atoms with Crippen molar-refractivity contribution in [1.29, 1.82) is 0 Å². The number of urea groups is 1. The number of amides is 3. The minimum Gasteiger partial charge on any atom is -0.481 e. The van der Waals surface area contributed by atoms with Crippen molar-refractivity contribution in [2.45, 2.75) is 13.5 Å². The summed E-state index contributed by atoms with van der Waals surface area (Å²) in [6, 6.07) is 10.00. The van der Waals surface area contributed by atoms with E-state index in [0.29, 0.717) is 16.9 Å². The number of halogens is 2. The highest BCUT2D eigenvalue weighted by Gasteiger charge is 2.33. The Morgan fingerprint density at radius 3 is 2.63 bits per heavy atom. The Balaban J connectivity index is 1.80. The fourth-order valence-electron chi connectivity index (χ4n) is 2.75. The Hall–Kier alpha value is -3.20. The van der Waals surface area contributed by atoms with E-state index in [1.807, 2.05) is 0 Å². The molecule has 3 amide bonds. The maximum Gasteiger partial charge on any atom is 0.344 e. The second-order valence-electron chi connectivity index (χ2n) is 6.28. The van der Waals surface area contributed by atoms with Gasteiger partial charge in [-0.3, -0.25) is 9.69 Å². The summed E-state index contributed by atoms with van der Waals surface area (Å²) in [6.07, 6.45) is 1.47. The van der Waals surface area contributed by atoms with Crippen LogP contribution in [0.15, 0.2) is 52.6 Å². The molecule has 0 bridgehead atoms. The largest absolute Gasteiger partial charge is 0.481 e. The lowest BCUT2D eigenvalue weighted by molar-refractivity contribution is -0.145. The number of nitrogens with one attached hydrogen (secondary N) is 1. The van der Waals surface area contributed by atoms with E-state index in [2.05, 4.69) is 21.2 Å². The van der Waals surface area contributed by atoms with Crippen molar-refractivity contribution >= 4 is 39.9 Å². The Labute approximate surface area is 180 Å². The molecule has 0 aliphatic carbocycles. The van der Waals surface area contributed by atoms with Crippen LogP contribution in [0.3, 0.4) is 0 Å². The molecule has 9 heteroatoms. The van der Waals surface area contributed by atoms with Gasteiger partial charge in [0.05, 0.1) is 13.2 Å². The third kappa shape index (κ3) is 5.24. The molecule has 0 aromatic heterocycles. The molecule has 30 heavy (non-hydrogen) atoms. The van der Waals surface area contributed by atoms with E-state index >= 15 is 0 Å². The number of carbonyl (C=O) groups is 3. The Bertz CT molecular complexity index is 1010. The van der Waals surface area contributed by atoms with Crippen molar-refractivity contribution < 1.29 is 28.2 Å². The highest BCUT2D eigenvalue weighted by atomic mass is 79.9. The molecule has 3 rings (SSSR count). The minimum absolute atomic E-state index is 0.00693. The molecule has 0 unspecified atom stereocenters. The maximum absolute atomic E-state index is 13.1. The summed E-state index contributed by atoms with van der Waals surface area (Å²) in [5.41, 5.74) is 1.16. The first-order valence-electron chi connectivity index (χ1n) is 9.04. The molecule has 2 aromatic carbocycles. The summed E-state index contributed by atoms with van der Waals surface area (Å²) in [4.78, 5) is 37.6. The first kappa shape index (κ1) is 21.5. The van der Waals surface area contributed by atoms with Gasteiger partial charge < -0.3 is 14.8 Å². The molecule has 2 aromatic rings. The second kappa shape index (κ2) is 9.53. The number of hydrogen-bond acceptors (Lipinski definition) is 5. The molecule has 1 aliphatic heterocycles. The number of hydrogen-bond donors (Lipinski definition) is 1. The van der Waals surface area contributed by atoms with Crippen LogP contribution >= 0.6 is 15.9 Å². The molecule has 156 valence electrons. The fourth-order valence-corrected chi connectivity index (χ4v) is 3.12. The average Bonchev–Trinajstić information content (AvgIpc) is 2.96. The van der Waals surface area contributed by atoms with Gasteiger partial charge in [-0.05, 0) is 48.9 Å². The van der Waals surface area contributed by atoms with Crippen molar-refractivity contribution in [2.75, 3.05) is 13.2 Å². The Morgan fingerprint density at radius 1 is 1.20 bits per heavy atom. The van der Waals surface area contributed by atoms with Crippen LogP contribution in [0.4, 0.5) is 9.18 Å². The van der Waals surface area contributed by atoms with Gasteiger partial charge in [-0.15, -0.1) is 0 Å². The molecule has 1 saturated heterocycles. The Kier molecular flexibility index (Phi) is 6.83. The van der Waals surface area contributed by atoms with Gasteiger partial charge >= 0.3 is 12.0 Å². The van der Waals surface area contributed by atoms with E-state index in [1.165, 1.54) is 30.3 Å². The molecule has 1 aliphatic rings. The quantitative estimate of drug-likeness (QED) is 0.374. The van der Waals surface area contributed by atoms with Crippen LogP contribution in [0.1, 0.15) is 18.1 Å². The first-order valence-corrected chi connectivity index (χ1v) is 9.83. The SMILES string of the molecule is CCOC(=O)COc1ccc(Br)cc1C=C1NC(=O)N(Cc2ccc(F)cc2)C1=O. The average molecular weight is 477 g/mol. The van der Waals surface area contributed by atoms with Gasteiger partial charge in [0.1, 0.15) is 17.3 Å². The van der Waals surface area contributed by atoms with Gasteiger partial charge in [0, 0.05) is 10.0 Å². The minimum atomic E-state index is -0.584. The van der Waals surface area contributed by atoms with E-state index in [4.69, 9.17) is 9.47 Å². The highest BCUT2D eigenvalue weighted by Crippen LogP contribution is 2.27. The van der Waals surface area contributed by atoms with Crippen LogP contribution in [0.2, 0.25) is 0 Å². The topological polar surface area (TPSA) is 84.9 Å². The Morgan fingerprint density at radius 2 is 1.93 bits per heavy atom. The van der Waals surface area contributed by atoms with Gasteiger partial charge in [0.2, 0.25) is 0 Å². The van der Waals surface area contributed by atoms with Crippen LogP contribution in [0, 0.1) is 5.82 Å². The standard InChI is InChI=1S/C21H18BrFN2O5/c1-2-29-19(26)12-30-18-8-5-15(22)9-14(18)10-17-20(27)25(21(28)24-17)11-13-3-6-16(23)7-4-13/h3-10H,2,11-12H2,1H3,(H,24,28). The molecule has 0 saturated carbocycles. The molecular formula is C21H18BrFN2O5. The molecule has 0 radical (unpaired) electrons. The third-order valence-electron chi connectivity index (χ3n) is 4.14. The van der Waals surface area contributed by atoms with Gasteiger partial charge in [-0.1, -0.05) is 28.1 Å². The number of ether oxygens (including phenoxy) is 2. The summed E-state index contributed by atoms with van der Waals surface area (Å²) in [7, 11) is 0. The van der Waals surface area contributed by atoms with Gasteiger partial charge in [0.25, 0.3) is 5.91 Å². The molecule has 1 fully saturated rings. The first-order chi connectivity index (χ1) is 14.4. The van der Waals surface area contributed by atoms with Crippen molar-refractivity contribution in [3.05, 3.63) is 69.6 Å². The van der Waals surface area contributed by atoms with Crippen LogP contribution in [-0.4, -0.2) is 36.0 Å². The van der Waals surface area contributed by atoms with Gasteiger partial charge in [-0.2, -0.15) is 0 Å². The molecule has 0 atom stereocenters. The van der Waals surface area contributed by atoms with E-state index in [0.717, 1.165) is 9.37 Å². The number of nitrogens with zero attached hydrogens (tertiary/aromatic N) is 1. The zero-order chi connectivity index (χ0) is 21.7. The number of imide groups is 1. The number of esters is 1. The van der Waals surface area contributed by atoms with E-state index in [1.54, 1.807) is 25.1 Å². The summed E-state index contributed by atoms with van der Waals surface area (Å²) < 4.78 is 24.1. The van der Waals surface area contributed by atoms with Crippen LogP contribution < -0.4 is 10.1 Å². The van der Waals surface area contributed by atoms with Crippen LogP contribution in [-0.2, 0) is 20.9 Å². The lowest BCUT2D eigenvalue weighted by Gasteiger charge is -2.12. The van der Waals surface area contributed by atoms with E-state index in [-0.39, 0.29) is 25.5 Å². The highest BCUT2D eigenvalue weighted by molar-refractivity contribution is 9.10. The van der Waals surface area contributed by atoms with Crippen LogP contribution in [0.25, 0.3) is 6.08 Å². The summed E-state index contributed by atoms with van der Waals surface area (Å²) in [5.74, 6) is -1.10. The zero-order valence-electron chi connectivity index (χ0n) is 16.0. The lowest BCUT2D eigenvalue weighted by Crippen LogP contribution is -2.30. The predicted octanol–water partition coefficient (Wildman–Crippen LogP) is 3.62. The summed E-state index contributed by atoms with van der Waals surface area (Å²) in [6.45, 7) is 1.65. The fraction of sp³-hybridized carbons (Fsp3) is 0.190. The van der Waals surface area contributed by atoms with Crippen molar-refractivity contribution in [2.24, 2.45) is 0 Å². The van der Waals surface area contributed by atoms with Crippen molar-refractivity contribution in [3.63, 3.8) is 0 Å². The van der Waals surface area contributed by atoms with E-state index in [9.17, 15) is 18.8 Å². The van der Waals surface area contributed by atoms with Gasteiger partial charge in [-0.25, -0.2) is 14.0 Å². The molecule has 7 nitrogen and oxygen atoms in total. The maximum atomic E-state index is 13.1. The molecular weight excluding hydrogens is 459 g/mol. The smallest absolute Gasteiger partial charge is 0.344 e. The van der Waals surface area contributed by atoms with Crippen LogP contribution in [0.5, 0.6) is 5.75 Å². The normalized spacial score (nSPS) is 14.8. The monoisotopic (exact) mass is 476 g/mol. The molecule has 1 heterocycles. The molecule has 1 N–H and O–H groups in total. The van der Waals surface area contributed by atoms with Crippen molar-refractivity contribution in [1.82, 2.24) is 10.2 Å². The van der Waals surface area contributed by atoms with Crippen molar-refractivity contribution in [3.8, 4) is 5.75 Å². The zero-order valence-corrected chi connectivity index (χ0v) is 17.6. The number of rotatable bonds is 7.